The summed E-state index contributed by atoms with van der Waals surface area (Å²) in [6.45, 7) is 0. The van der Waals surface area contributed by atoms with Crippen LogP contribution in [0.15, 0.2) is 0 Å². The van der Waals surface area contributed by atoms with Crippen molar-refractivity contribution in [1.29, 1.82) is 0 Å². The molecule has 0 radical (unpaired) electrons. The summed E-state index contributed by atoms with van der Waals surface area (Å²) >= 11 is 0. The fraction of sp³-hybridized carbons (Fsp3) is 0. The van der Waals surface area contributed by atoms with Gasteiger partial charge in [0.05, 0.1) is 0 Å². The van der Waals surface area contributed by atoms with Crippen LogP contribution in [0.2, 0.25) is 0 Å². The summed E-state index contributed by atoms with van der Waals surface area (Å²) in [7, 11) is -3.29. The maximum Gasteiger partial charge on any atom is 0.382 e. The summed E-state index contributed by atoms with van der Waals surface area (Å²) in [6, 6.07) is 0. The fourth-order valence-electron chi connectivity index (χ4n) is 0. The van der Waals surface area contributed by atoms with Crippen LogP contribution in [-0.4, -0.2) is 44.1 Å². The molecule has 4 nitrogen and oxygen atoms in total. The van der Waals surface area contributed by atoms with Gasteiger partial charge >= 0.3 is 33.5 Å². The van der Waals surface area contributed by atoms with Crippen LogP contribution in [0.4, 0.5) is 0 Å². The zero-order valence-electron chi connectivity index (χ0n) is 3.08. The topological polar surface area (TPSA) is 63.6 Å². The van der Waals surface area contributed by atoms with E-state index in [1.165, 1.54) is 0 Å². The molecule has 1 N–H and O–H groups in total. The van der Waals surface area contributed by atoms with Gasteiger partial charge in [-0.1, -0.05) is 0 Å². The SMILES string of the molecule is BOS(=O)(=O)O.[MgH2]. The molecule has 0 saturated heterocycles. The Kier molecular flexibility index (Phi) is 5.58. The lowest BCUT2D eigenvalue weighted by atomic mass is 10.6. The first-order valence-corrected chi connectivity index (χ1v) is 2.46. The summed E-state index contributed by atoms with van der Waals surface area (Å²) in [6.07, 6.45) is 0. The van der Waals surface area contributed by atoms with Crippen LogP contribution >= 0.6 is 0 Å². The van der Waals surface area contributed by atoms with Crippen LogP contribution in [0.5, 0.6) is 0 Å². The van der Waals surface area contributed by atoms with Gasteiger partial charge in [-0.3, -0.25) is 4.55 Å². The third-order valence-corrected chi connectivity index (χ3v) is 0.632. The van der Waals surface area contributed by atoms with E-state index in [4.69, 9.17) is 4.55 Å². The minimum atomic E-state index is -4.16. The maximum atomic E-state index is 9.33. The quantitative estimate of drug-likeness (QED) is 0.318. The van der Waals surface area contributed by atoms with Crippen molar-refractivity contribution in [2.75, 3.05) is 0 Å². The first-order chi connectivity index (χ1) is 2.56. The van der Waals surface area contributed by atoms with Crippen molar-refractivity contribution in [3.63, 3.8) is 0 Å². The normalized spacial score (nSPS) is 9.86. The molecule has 40 valence electrons. The van der Waals surface area contributed by atoms with Crippen molar-refractivity contribution in [2.45, 2.75) is 0 Å². The van der Waals surface area contributed by atoms with Crippen molar-refractivity contribution < 1.29 is 17.1 Å². The molecule has 7 heavy (non-hydrogen) atoms. The van der Waals surface area contributed by atoms with Gasteiger partial charge in [-0.05, 0) is 0 Å². The molecule has 0 saturated carbocycles. The van der Waals surface area contributed by atoms with Crippen molar-refractivity contribution in [1.82, 2.24) is 0 Å². The van der Waals surface area contributed by atoms with E-state index < -0.39 is 10.4 Å². The maximum absolute atomic E-state index is 9.33. The fourth-order valence-corrected chi connectivity index (χ4v) is 0. The molecule has 0 aromatic heterocycles. The smallest absolute Gasteiger partial charge is 0.322 e. The predicted molar refractivity (Wildman–Crippen MR) is 29.7 cm³/mol. The molecule has 0 fully saturated rings. The van der Waals surface area contributed by atoms with Gasteiger partial charge in [0, 0.05) is 0 Å². The summed E-state index contributed by atoms with van der Waals surface area (Å²) in [5.41, 5.74) is 0. The summed E-state index contributed by atoms with van der Waals surface area (Å²) in [4.78, 5) is 0. The van der Waals surface area contributed by atoms with Crippen LogP contribution in [0.25, 0.3) is 0 Å². The minimum absolute atomic E-state index is 0. The molecular weight excluding hydrogens is 131 g/mol. The summed E-state index contributed by atoms with van der Waals surface area (Å²) in [5, 5.41) is 0. The summed E-state index contributed by atoms with van der Waals surface area (Å²) < 4.78 is 29.7. The molecule has 0 heterocycles. The Labute approximate surface area is 58.8 Å². The highest BCUT2D eigenvalue weighted by molar-refractivity contribution is 7.81. The highest BCUT2D eigenvalue weighted by Gasteiger charge is 1.93. The van der Waals surface area contributed by atoms with E-state index in [0.29, 0.717) is 0 Å². The van der Waals surface area contributed by atoms with E-state index in [1.807, 2.05) is 0 Å². The van der Waals surface area contributed by atoms with Gasteiger partial charge in [0.1, 0.15) is 0 Å². The molecule has 0 aliphatic rings. The van der Waals surface area contributed by atoms with E-state index in [1.54, 1.807) is 0 Å². The first-order valence-electron chi connectivity index (χ1n) is 1.09. The lowest BCUT2D eigenvalue weighted by molar-refractivity contribution is 0.400. The van der Waals surface area contributed by atoms with Crippen LogP contribution in [0, 0.1) is 0 Å². The largest absolute Gasteiger partial charge is 0.382 e. The van der Waals surface area contributed by atoms with Crippen molar-refractivity contribution in [2.24, 2.45) is 0 Å². The van der Waals surface area contributed by atoms with Crippen LogP contribution in [-0.2, 0) is 14.5 Å². The van der Waals surface area contributed by atoms with E-state index in [-0.39, 0.29) is 23.1 Å². The van der Waals surface area contributed by atoms with E-state index in [0.717, 1.165) is 8.05 Å². The Bertz CT molecular complexity index is 114. The van der Waals surface area contributed by atoms with Crippen molar-refractivity contribution in [3.8, 4) is 0 Å². The standard InChI is InChI=1S/BH3O4S.Mg.2H/c1-5-6(2,3)4;;;/h1H2,(H,2,3,4);;;. The van der Waals surface area contributed by atoms with Gasteiger partial charge in [-0.25, -0.2) is 0 Å². The second kappa shape index (κ2) is 3.67. The lowest BCUT2D eigenvalue weighted by Gasteiger charge is -1.83. The van der Waals surface area contributed by atoms with Crippen LogP contribution in [0.1, 0.15) is 0 Å². The molecule has 0 amide bonds. The lowest BCUT2D eigenvalue weighted by Crippen LogP contribution is -1.98. The van der Waals surface area contributed by atoms with Gasteiger partial charge in [-0.15, -0.1) is 0 Å². The molecule has 0 aliphatic heterocycles. The van der Waals surface area contributed by atoms with Crippen LogP contribution in [0.3, 0.4) is 0 Å². The minimum Gasteiger partial charge on any atom is -0.322 e. The molecule has 7 heteroatoms. The van der Waals surface area contributed by atoms with Crippen molar-refractivity contribution >= 4 is 41.5 Å². The monoisotopic (exact) mass is 136 g/mol. The highest BCUT2D eigenvalue weighted by atomic mass is 32.3. The Hall–Kier alpha value is 0.701. The second-order valence-corrected chi connectivity index (χ2v) is 1.78. The van der Waals surface area contributed by atoms with Gasteiger partial charge < -0.3 is 4.10 Å². The molecule has 0 aromatic rings. The number of rotatable bonds is 1. The van der Waals surface area contributed by atoms with Gasteiger partial charge in [0.15, 0.2) is 0 Å². The Morgan fingerprint density at radius 1 is 1.57 bits per heavy atom. The molecule has 0 aromatic carbocycles. The third-order valence-electron chi connectivity index (χ3n) is 0.211. The highest BCUT2D eigenvalue weighted by Crippen LogP contribution is 1.73. The number of hydrogen-bond acceptors (Lipinski definition) is 3. The second-order valence-electron chi connectivity index (χ2n) is 0.594. The molecule has 0 rings (SSSR count). The molecular formula is H5BMgO4S. The zero-order valence-corrected chi connectivity index (χ0v) is 3.90. The average Bonchev–Trinajstić information content (AvgIpc) is 1.35. The Morgan fingerprint density at radius 2 is 1.71 bits per heavy atom. The Balaban J connectivity index is 0. The number of hydrogen-bond donors (Lipinski definition) is 1. The van der Waals surface area contributed by atoms with E-state index in [2.05, 4.69) is 4.10 Å². The van der Waals surface area contributed by atoms with Gasteiger partial charge in [-0.2, -0.15) is 8.42 Å². The Morgan fingerprint density at radius 3 is 1.71 bits per heavy atom. The molecule has 0 spiro atoms. The molecule has 0 bridgehead atoms. The molecule has 0 atom stereocenters. The van der Waals surface area contributed by atoms with Crippen molar-refractivity contribution in [3.05, 3.63) is 0 Å². The molecule has 0 aliphatic carbocycles. The average molecular weight is 136 g/mol. The first kappa shape index (κ1) is 10.6. The van der Waals surface area contributed by atoms with E-state index >= 15 is 0 Å². The summed E-state index contributed by atoms with van der Waals surface area (Å²) in [5.74, 6) is 0. The molecule has 0 unspecified atom stereocenters. The van der Waals surface area contributed by atoms with E-state index in [9.17, 15) is 8.42 Å². The van der Waals surface area contributed by atoms with Gasteiger partial charge in [0.2, 0.25) is 0 Å². The predicted octanol–water partition coefficient (Wildman–Crippen LogP) is -2.56. The van der Waals surface area contributed by atoms with Gasteiger partial charge in [0.25, 0.3) is 8.05 Å². The van der Waals surface area contributed by atoms with Crippen LogP contribution < -0.4 is 0 Å². The zero-order chi connectivity index (χ0) is 5.21. The third kappa shape index (κ3) is 10.8.